The van der Waals surface area contributed by atoms with Gasteiger partial charge in [0, 0.05) is 25.1 Å². The number of amides is 2. The summed E-state index contributed by atoms with van der Waals surface area (Å²) in [4.78, 5) is 26.9. The summed E-state index contributed by atoms with van der Waals surface area (Å²) in [6, 6.07) is 11.1. The topological polar surface area (TPSA) is 101 Å². The average Bonchev–Trinajstić information content (AvgIpc) is 3.48. The lowest BCUT2D eigenvalue weighted by Gasteiger charge is -2.37. The number of piperidine rings is 1. The van der Waals surface area contributed by atoms with Crippen LogP contribution in [-0.2, 0) is 4.79 Å². The normalized spacial score (nSPS) is 19.6. The van der Waals surface area contributed by atoms with Gasteiger partial charge in [-0.3, -0.25) is 9.59 Å². The van der Waals surface area contributed by atoms with Gasteiger partial charge in [-0.25, -0.2) is 0 Å². The molecule has 1 aliphatic carbocycles. The third-order valence-corrected chi connectivity index (χ3v) is 5.90. The highest BCUT2D eigenvalue weighted by atomic mass is 16.5. The largest absolute Gasteiger partial charge is 0.360 e. The summed E-state index contributed by atoms with van der Waals surface area (Å²) in [5.41, 5.74) is 7.14. The van der Waals surface area contributed by atoms with Gasteiger partial charge in [-0.2, -0.15) is 0 Å². The fourth-order valence-corrected chi connectivity index (χ4v) is 4.05. The van der Waals surface area contributed by atoms with E-state index in [4.69, 9.17) is 10.3 Å². The molecule has 1 aromatic heterocycles. The fourth-order valence-electron chi connectivity index (χ4n) is 4.05. The van der Waals surface area contributed by atoms with Crippen molar-refractivity contribution in [2.45, 2.75) is 50.6 Å². The van der Waals surface area contributed by atoms with Crippen LogP contribution in [-0.4, -0.2) is 41.0 Å². The van der Waals surface area contributed by atoms with Crippen LogP contribution in [0, 0.1) is 5.92 Å². The Morgan fingerprint density at radius 3 is 2.48 bits per heavy atom. The maximum atomic E-state index is 12.9. The Bertz CT molecular complexity index is 852. The number of carbonyl (C=O) groups excluding carboxylic acids is 2. The first kappa shape index (κ1) is 19.6. The van der Waals surface area contributed by atoms with E-state index in [1.807, 2.05) is 35.2 Å². The molecule has 2 aliphatic rings. The Morgan fingerprint density at radius 2 is 1.86 bits per heavy atom. The van der Waals surface area contributed by atoms with Gasteiger partial charge in [0.2, 0.25) is 5.91 Å². The van der Waals surface area contributed by atoms with Gasteiger partial charge in [0.05, 0.1) is 12.1 Å². The van der Waals surface area contributed by atoms with E-state index in [2.05, 4.69) is 10.5 Å². The molecular formula is C22H28N4O3. The first-order chi connectivity index (χ1) is 14.0. The minimum atomic E-state index is -0.482. The van der Waals surface area contributed by atoms with Crippen LogP contribution in [0.2, 0.25) is 0 Å². The Kier molecular flexibility index (Phi) is 5.67. The number of nitrogens with zero attached hydrogens (tertiary/aromatic N) is 2. The van der Waals surface area contributed by atoms with Crippen molar-refractivity contribution in [1.82, 2.24) is 15.4 Å². The number of hydrogen-bond donors (Lipinski definition) is 2. The molecule has 2 heterocycles. The molecule has 0 radical (unpaired) electrons. The van der Waals surface area contributed by atoms with Crippen molar-refractivity contribution in [1.29, 1.82) is 0 Å². The smallest absolute Gasteiger partial charge is 0.273 e. The predicted molar refractivity (Wildman–Crippen MR) is 108 cm³/mol. The van der Waals surface area contributed by atoms with Gasteiger partial charge >= 0.3 is 0 Å². The van der Waals surface area contributed by atoms with Gasteiger partial charge in [-0.1, -0.05) is 35.5 Å². The predicted octanol–water partition coefficient (Wildman–Crippen LogP) is 2.61. The summed E-state index contributed by atoms with van der Waals surface area (Å²) in [6.45, 7) is 3.02. The second kappa shape index (κ2) is 8.37. The molecule has 154 valence electrons. The van der Waals surface area contributed by atoms with Crippen LogP contribution in [0.1, 0.15) is 66.4 Å². The van der Waals surface area contributed by atoms with E-state index in [0.717, 1.165) is 37.0 Å². The van der Waals surface area contributed by atoms with Crippen molar-refractivity contribution in [2.24, 2.45) is 11.7 Å². The molecule has 1 aliphatic heterocycles. The second-order valence-corrected chi connectivity index (χ2v) is 8.20. The van der Waals surface area contributed by atoms with Gasteiger partial charge in [-0.05, 0) is 44.1 Å². The lowest BCUT2D eigenvalue weighted by atomic mass is 9.85. The van der Waals surface area contributed by atoms with Crippen molar-refractivity contribution in [3.05, 3.63) is 53.4 Å². The van der Waals surface area contributed by atoms with E-state index < -0.39 is 6.04 Å². The van der Waals surface area contributed by atoms with E-state index in [1.54, 1.807) is 13.0 Å². The number of rotatable bonds is 6. The zero-order valence-corrected chi connectivity index (χ0v) is 16.7. The summed E-state index contributed by atoms with van der Waals surface area (Å²) in [5, 5.41) is 7.14. The van der Waals surface area contributed by atoms with Crippen molar-refractivity contribution in [3.8, 4) is 0 Å². The van der Waals surface area contributed by atoms with E-state index in [9.17, 15) is 9.59 Å². The SMILES string of the molecule is C[C@H](N)C(=O)N1CCC(C(NC(=O)c2cc(C3CC3)on2)c2ccccc2)CC1. The van der Waals surface area contributed by atoms with Gasteiger partial charge < -0.3 is 20.5 Å². The maximum absolute atomic E-state index is 12.9. The minimum Gasteiger partial charge on any atom is -0.360 e. The molecule has 3 N–H and O–H groups in total. The van der Waals surface area contributed by atoms with Crippen molar-refractivity contribution >= 4 is 11.8 Å². The lowest BCUT2D eigenvalue weighted by Crippen LogP contribution is -2.47. The Hall–Kier alpha value is -2.67. The summed E-state index contributed by atoms with van der Waals surface area (Å²) in [6.07, 6.45) is 3.82. The number of nitrogens with one attached hydrogen (secondary N) is 1. The molecule has 2 amide bonds. The number of benzene rings is 1. The number of likely N-dealkylation sites (tertiary alicyclic amines) is 1. The van der Waals surface area contributed by atoms with E-state index in [1.165, 1.54) is 0 Å². The highest BCUT2D eigenvalue weighted by molar-refractivity contribution is 5.92. The number of aromatic nitrogens is 1. The summed E-state index contributed by atoms with van der Waals surface area (Å²) in [7, 11) is 0. The molecule has 1 aromatic carbocycles. The zero-order valence-electron chi connectivity index (χ0n) is 16.7. The van der Waals surface area contributed by atoms with Crippen LogP contribution >= 0.6 is 0 Å². The lowest BCUT2D eigenvalue weighted by molar-refractivity contribution is -0.133. The third kappa shape index (κ3) is 4.50. The van der Waals surface area contributed by atoms with Crippen LogP contribution in [0.25, 0.3) is 0 Å². The quantitative estimate of drug-likeness (QED) is 0.782. The molecule has 29 heavy (non-hydrogen) atoms. The van der Waals surface area contributed by atoms with E-state index in [0.29, 0.717) is 24.7 Å². The third-order valence-electron chi connectivity index (χ3n) is 5.90. The van der Waals surface area contributed by atoms with Crippen LogP contribution in [0.5, 0.6) is 0 Å². The molecule has 1 saturated heterocycles. The summed E-state index contributed by atoms with van der Waals surface area (Å²) >= 11 is 0. The maximum Gasteiger partial charge on any atom is 0.273 e. The Morgan fingerprint density at radius 1 is 1.17 bits per heavy atom. The highest BCUT2D eigenvalue weighted by Crippen LogP contribution is 2.40. The van der Waals surface area contributed by atoms with Crippen LogP contribution in [0.3, 0.4) is 0 Å². The van der Waals surface area contributed by atoms with Gasteiger partial charge in [0.15, 0.2) is 5.69 Å². The van der Waals surface area contributed by atoms with Gasteiger partial charge in [0.1, 0.15) is 5.76 Å². The molecule has 4 rings (SSSR count). The first-order valence-corrected chi connectivity index (χ1v) is 10.4. The Labute approximate surface area is 170 Å². The van der Waals surface area contributed by atoms with E-state index in [-0.39, 0.29) is 23.8 Å². The standard InChI is InChI=1S/C22H28N4O3/c1-14(23)22(28)26-11-9-17(10-12-26)20(16-5-3-2-4-6-16)24-21(27)18-13-19(29-25-18)15-7-8-15/h2-6,13-15,17,20H,7-12,23H2,1H3,(H,24,27)/t14-,20?/m0/s1. The fraction of sp³-hybridized carbons (Fsp3) is 0.500. The molecule has 7 heteroatoms. The molecule has 1 unspecified atom stereocenters. The number of carbonyl (C=O) groups is 2. The number of nitrogens with two attached hydrogens (primary N) is 1. The van der Waals surface area contributed by atoms with Gasteiger partial charge in [-0.15, -0.1) is 0 Å². The average molecular weight is 396 g/mol. The molecule has 0 bridgehead atoms. The van der Waals surface area contributed by atoms with Gasteiger partial charge in [0.25, 0.3) is 5.91 Å². The summed E-state index contributed by atoms with van der Waals surface area (Å²) in [5.74, 6) is 1.21. The summed E-state index contributed by atoms with van der Waals surface area (Å²) < 4.78 is 5.34. The molecule has 2 atom stereocenters. The molecule has 2 aromatic rings. The van der Waals surface area contributed by atoms with Crippen molar-refractivity contribution in [3.63, 3.8) is 0 Å². The monoisotopic (exact) mass is 396 g/mol. The zero-order chi connectivity index (χ0) is 20.4. The van der Waals surface area contributed by atoms with Crippen molar-refractivity contribution in [2.75, 3.05) is 13.1 Å². The van der Waals surface area contributed by atoms with Crippen molar-refractivity contribution < 1.29 is 14.1 Å². The highest BCUT2D eigenvalue weighted by Gasteiger charge is 2.33. The molecular weight excluding hydrogens is 368 g/mol. The second-order valence-electron chi connectivity index (χ2n) is 8.20. The molecule has 1 saturated carbocycles. The Balaban J connectivity index is 1.47. The minimum absolute atomic E-state index is 0.0149. The van der Waals surface area contributed by atoms with Crippen LogP contribution < -0.4 is 11.1 Å². The number of hydrogen-bond acceptors (Lipinski definition) is 5. The van der Waals surface area contributed by atoms with E-state index >= 15 is 0 Å². The van der Waals surface area contributed by atoms with Crippen LogP contribution in [0.15, 0.2) is 40.9 Å². The molecule has 7 nitrogen and oxygen atoms in total. The molecule has 2 fully saturated rings. The molecule has 0 spiro atoms. The van der Waals surface area contributed by atoms with Crippen LogP contribution in [0.4, 0.5) is 0 Å². The first-order valence-electron chi connectivity index (χ1n) is 10.4.